The average molecular weight is 366 g/mol. The van der Waals surface area contributed by atoms with Gasteiger partial charge in [-0.15, -0.1) is 0 Å². The molecule has 0 bridgehead atoms. The van der Waals surface area contributed by atoms with Crippen molar-refractivity contribution in [1.82, 2.24) is 5.32 Å². The van der Waals surface area contributed by atoms with Gasteiger partial charge in [0.2, 0.25) is 5.91 Å². The van der Waals surface area contributed by atoms with Crippen LogP contribution in [0.1, 0.15) is 42.9 Å². The summed E-state index contributed by atoms with van der Waals surface area (Å²) in [6, 6.07) is 14.0. The normalized spacial score (nSPS) is 11.8. The standard InChI is InChI=1S/C21H22N2O4/c1-4-26-18-7-5-6-16-12-19(27-20(16)18)13(2)22-21(25)15-8-10-17(11-9-15)23-14(3)24/h5-13H,4H2,1-3H3,(H,22,25)(H,23,24). The number of carbonyl (C=O) groups excluding carboxylic acids is 2. The molecule has 6 nitrogen and oxygen atoms in total. The molecule has 2 amide bonds. The Morgan fingerprint density at radius 1 is 1.15 bits per heavy atom. The molecular weight excluding hydrogens is 344 g/mol. The van der Waals surface area contributed by atoms with Gasteiger partial charge >= 0.3 is 0 Å². The quantitative estimate of drug-likeness (QED) is 0.682. The highest BCUT2D eigenvalue weighted by molar-refractivity contribution is 5.95. The summed E-state index contributed by atoms with van der Waals surface area (Å²) in [5.74, 6) is 0.966. The molecule has 0 fully saturated rings. The fourth-order valence-electron chi connectivity index (χ4n) is 2.80. The second kappa shape index (κ2) is 7.95. The van der Waals surface area contributed by atoms with Gasteiger partial charge in [0.1, 0.15) is 5.76 Å². The number of fused-ring (bicyclic) bond motifs is 1. The van der Waals surface area contributed by atoms with E-state index in [2.05, 4.69) is 10.6 Å². The maximum atomic E-state index is 12.5. The Kier molecular flexibility index (Phi) is 5.45. The van der Waals surface area contributed by atoms with E-state index in [4.69, 9.17) is 9.15 Å². The van der Waals surface area contributed by atoms with E-state index >= 15 is 0 Å². The number of furan rings is 1. The molecule has 0 radical (unpaired) electrons. The number of hydrogen-bond acceptors (Lipinski definition) is 4. The second-order valence-corrected chi connectivity index (χ2v) is 6.21. The second-order valence-electron chi connectivity index (χ2n) is 6.21. The van der Waals surface area contributed by atoms with Crippen LogP contribution in [0.25, 0.3) is 11.0 Å². The fraction of sp³-hybridized carbons (Fsp3) is 0.238. The number of amides is 2. The minimum Gasteiger partial charge on any atom is -0.490 e. The Hall–Kier alpha value is -3.28. The van der Waals surface area contributed by atoms with Gasteiger partial charge in [0.05, 0.1) is 12.6 Å². The largest absolute Gasteiger partial charge is 0.490 e. The van der Waals surface area contributed by atoms with Crippen LogP contribution in [-0.4, -0.2) is 18.4 Å². The lowest BCUT2D eigenvalue weighted by Gasteiger charge is -2.12. The van der Waals surface area contributed by atoms with Gasteiger partial charge in [-0.25, -0.2) is 0 Å². The molecular formula is C21H22N2O4. The van der Waals surface area contributed by atoms with Crippen LogP contribution in [0.5, 0.6) is 5.75 Å². The van der Waals surface area contributed by atoms with E-state index in [1.807, 2.05) is 38.1 Å². The van der Waals surface area contributed by atoms with E-state index < -0.39 is 0 Å². The fourth-order valence-corrected chi connectivity index (χ4v) is 2.80. The highest BCUT2D eigenvalue weighted by atomic mass is 16.5. The average Bonchev–Trinajstić information content (AvgIpc) is 3.07. The van der Waals surface area contributed by atoms with Crippen molar-refractivity contribution in [1.29, 1.82) is 0 Å². The van der Waals surface area contributed by atoms with E-state index in [1.54, 1.807) is 24.3 Å². The van der Waals surface area contributed by atoms with Crippen molar-refractivity contribution >= 4 is 28.5 Å². The van der Waals surface area contributed by atoms with Crippen molar-refractivity contribution in [2.45, 2.75) is 26.8 Å². The monoisotopic (exact) mass is 366 g/mol. The molecule has 2 aromatic carbocycles. The van der Waals surface area contributed by atoms with Crippen molar-refractivity contribution in [3.63, 3.8) is 0 Å². The minimum absolute atomic E-state index is 0.155. The Balaban J connectivity index is 1.73. The predicted octanol–water partition coefficient (Wildman–Crippen LogP) is 4.28. The first kappa shape index (κ1) is 18.5. The number of para-hydroxylation sites is 1. The first-order chi connectivity index (χ1) is 13.0. The number of carbonyl (C=O) groups is 2. The zero-order chi connectivity index (χ0) is 19.4. The van der Waals surface area contributed by atoms with Crippen LogP contribution in [-0.2, 0) is 4.79 Å². The Morgan fingerprint density at radius 2 is 1.89 bits per heavy atom. The molecule has 0 aliphatic carbocycles. The van der Waals surface area contributed by atoms with Crippen molar-refractivity contribution in [3.05, 3.63) is 59.9 Å². The maximum Gasteiger partial charge on any atom is 0.251 e. The molecule has 1 heterocycles. The number of hydrogen-bond donors (Lipinski definition) is 2. The molecule has 0 saturated carbocycles. The van der Waals surface area contributed by atoms with Crippen LogP contribution >= 0.6 is 0 Å². The van der Waals surface area contributed by atoms with E-state index in [0.29, 0.717) is 35.0 Å². The summed E-state index contributed by atoms with van der Waals surface area (Å²) in [7, 11) is 0. The van der Waals surface area contributed by atoms with Crippen LogP contribution in [0.15, 0.2) is 52.9 Å². The smallest absolute Gasteiger partial charge is 0.251 e. The molecule has 3 aromatic rings. The summed E-state index contributed by atoms with van der Waals surface area (Å²) in [6.45, 7) is 5.77. The third-order valence-electron chi connectivity index (χ3n) is 4.07. The van der Waals surface area contributed by atoms with E-state index in [1.165, 1.54) is 6.92 Å². The number of benzene rings is 2. The van der Waals surface area contributed by atoms with Crippen molar-refractivity contribution in [2.75, 3.05) is 11.9 Å². The minimum atomic E-state index is -0.311. The SMILES string of the molecule is CCOc1cccc2cc(C(C)NC(=O)c3ccc(NC(C)=O)cc3)oc12. The number of anilines is 1. The zero-order valence-electron chi connectivity index (χ0n) is 15.5. The van der Waals surface area contributed by atoms with E-state index in [0.717, 1.165) is 5.39 Å². The molecule has 0 spiro atoms. The van der Waals surface area contributed by atoms with Gasteiger partial charge < -0.3 is 19.8 Å². The first-order valence-electron chi connectivity index (χ1n) is 8.81. The van der Waals surface area contributed by atoms with Gasteiger partial charge in [0, 0.05) is 23.6 Å². The molecule has 1 aromatic heterocycles. The molecule has 6 heteroatoms. The number of ether oxygens (including phenoxy) is 1. The highest BCUT2D eigenvalue weighted by Crippen LogP contribution is 2.31. The van der Waals surface area contributed by atoms with Gasteiger partial charge in [-0.1, -0.05) is 12.1 Å². The van der Waals surface area contributed by atoms with Crippen LogP contribution in [0.3, 0.4) is 0 Å². The summed E-state index contributed by atoms with van der Waals surface area (Å²) in [4.78, 5) is 23.5. The molecule has 1 unspecified atom stereocenters. The lowest BCUT2D eigenvalue weighted by atomic mass is 10.1. The molecule has 1 atom stereocenters. The van der Waals surface area contributed by atoms with Gasteiger partial charge in [-0.05, 0) is 50.2 Å². The molecule has 0 aliphatic rings. The summed E-state index contributed by atoms with van der Waals surface area (Å²) in [5, 5.41) is 6.52. The molecule has 27 heavy (non-hydrogen) atoms. The Morgan fingerprint density at radius 3 is 2.56 bits per heavy atom. The van der Waals surface area contributed by atoms with Gasteiger partial charge in [0.15, 0.2) is 11.3 Å². The van der Waals surface area contributed by atoms with E-state index in [-0.39, 0.29) is 17.9 Å². The zero-order valence-corrected chi connectivity index (χ0v) is 15.5. The van der Waals surface area contributed by atoms with Crippen LogP contribution < -0.4 is 15.4 Å². The molecule has 0 saturated heterocycles. The van der Waals surface area contributed by atoms with Crippen molar-refractivity contribution in [2.24, 2.45) is 0 Å². The molecule has 3 rings (SSSR count). The highest BCUT2D eigenvalue weighted by Gasteiger charge is 2.17. The topological polar surface area (TPSA) is 80.6 Å². The predicted molar refractivity (Wildman–Crippen MR) is 104 cm³/mol. The van der Waals surface area contributed by atoms with Crippen molar-refractivity contribution in [3.8, 4) is 5.75 Å². The Bertz CT molecular complexity index is 960. The number of nitrogens with one attached hydrogen (secondary N) is 2. The van der Waals surface area contributed by atoms with Crippen molar-refractivity contribution < 1.29 is 18.7 Å². The lowest BCUT2D eigenvalue weighted by Crippen LogP contribution is -2.26. The van der Waals surface area contributed by atoms with Gasteiger partial charge in [-0.3, -0.25) is 9.59 Å². The van der Waals surface area contributed by atoms with Crippen LogP contribution in [0.2, 0.25) is 0 Å². The third-order valence-corrected chi connectivity index (χ3v) is 4.07. The van der Waals surface area contributed by atoms with E-state index in [9.17, 15) is 9.59 Å². The Labute approximate surface area is 157 Å². The van der Waals surface area contributed by atoms with Gasteiger partial charge in [0.25, 0.3) is 5.91 Å². The maximum absolute atomic E-state index is 12.5. The molecule has 140 valence electrons. The lowest BCUT2D eigenvalue weighted by molar-refractivity contribution is -0.114. The van der Waals surface area contributed by atoms with Crippen LogP contribution in [0.4, 0.5) is 5.69 Å². The molecule has 2 N–H and O–H groups in total. The van der Waals surface area contributed by atoms with Gasteiger partial charge in [-0.2, -0.15) is 0 Å². The molecule has 0 aliphatic heterocycles. The summed E-state index contributed by atoms with van der Waals surface area (Å²) in [6.07, 6.45) is 0. The third kappa shape index (κ3) is 4.28. The summed E-state index contributed by atoms with van der Waals surface area (Å²) >= 11 is 0. The first-order valence-corrected chi connectivity index (χ1v) is 8.81. The summed E-state index contributed by atoms with van der Waals surface area (Å²) < 4.78 is 11.5. The number of rotatable bonds is 6. The van der Waals surface area contributed by atoms with Crippen LogP contribution in [0, 0.1) is 0 Å². The summed E-state index contributed by atoms with van der Waals surface area (Å²) in [5.41, 5.74) is 1.82.